The maximum absolute atomic E-state index is 10.6. The minimum atomic E-state index is -0.821. The standard InChI is InChI=1S/C5H10N2O3/c1-3-10-5(9)7(2)4(6)8/h3H2,1-2H3,(H2,6,8). The number of urea groups is 1. The van der Waals surface area contributed by atoms with Gasteiger partial charge >= 0.3 is 12.1 Å². The molecule has 58 valence electrons. The van der Waals surface area contributed by atoms with Gasteiger partial charge in [-0.2, -0.15) is 0 Å². The molecule has 2 N–H and O–H groups in total. The van der Waals surface area contributed by atoms with Crippen molar-refractivity contribution in [3.8, 4) is 0 Å². The minimum Gasteiger partial charge on any atom is -0.449 e. The topological polar surface area (TPSA) is 72.6 Å². The van der Waals surface area contributed by atoms with Crippen LogP contribution in [0.2, 0.25) is 0 Å². The summed E-state index contributed by atoms with van der Waals surface area (Å²) in [6.45, 7) is 1.88. The summed E-state index contributed by atoms with van der Waals surface area (Å²) in [4.78, 5) is 21.5. The van der Waals surface area contributed by atoms with Gasteiger partial charge in [0.05, 0.1) is 6.61 Å². The van der Waals surface area contributed by atoms with Crippen LogP contribution in [0.25, 0.3) is 0 Å². The van der Waals surface area contributed by atoms with Gasteiger partial charge in [-0.05, 0) is 6.92 Å². The molecule has 0 saturated carbocycles. The lowest BCUT2D eigenvalue weighted by Gasteiger charge is -2.10. The predicted molar refractivity (Wildman–Crippen MR) is 34.4 cm³/mol. The van der Waals surface area contributed by atoms with Crippen LogP contribution in [0.3, 0.4) is 0 Å². The number of nitrogens with two attached hydrogens (primary N) is 1. The number of carbonyl (C=O) groups excluding carboxylic acids is 2. The summed E-state index contributed by atoms with van der Waals surface area (Å²) >= 11 is 0. The lowest BCUT2D eigenvalue weighted by molar-refractivity contribution is 0.123. The van der Waals surface area contributed by atoms with Gasteiger partial charge < -0.3 is 10.5 Å². The Kier molecular flexibility index (Phi) is 3.24. The van der Waals surface area contributed by atoms with Gasteiger partial charge in [0, 0.05) is 7.05 Å². The summed E-state index contributed by atoms with van der Waals surface area (Å²) in [6, 6.07) is -0.821. The van der Waals surface area contributed by atoms with E-state index in [4.69, 9.17) is 5.73 Å². The Labute approximate surface area is 58.7 Å². The number of hydrogen-bond donors (Lipinski definition) is 1. The number of nitrogens with zero attached hydrogens (tertiary/aromatic N) is 1. The molecule has 0 spiro atoms. The molecule has 5 nitrogen and oxygen atoms in total. The van der Waals surface area contributed by atoms with E-state index in [0.717, 1.165) is 0 Å². The second kappa shape index (κ2) is 3.71. The molecule has 5 heteroatoms. The fourth-order valence-corrected chi connectivity index (χ4v) is 0.310. The average Bonchev–Trinajstić information content (AvgIpc) is 1.87. The van der Waals surface area contributed by atoms with E-state index in [9.17, 15) is 9.59 Å². The Balaban J connectivity index is 3.82. The molecular weight excluding hydrogens is 136 g/mol. The summed E-state index contributed by atoms with van der Waals surface area (Å²) in [5.41, 5.74) is 4.75. The monoisotopic (exact) mass is 146 g/mol. The molecule has 0 unspecified atom stereocenters. The summed E-state index contributed by atoms with van der Waals surface area (Å²) in [5, 5.41) is 0. The highest BCUT2D eigenvalue weighted by Gasteiger charge is 2.12. The van der Waals surface area contributed by atoms with Gasteiger partial charge in [-0.3, -0.25) is 0 Å². The SMILES string of the molecule is CCOC(=O)N(C)C(N)=O. The largest absolute Gasteiger partial charge is 0.449 e. The van der Waals surface area contributed by atoms with Crippen LogP contribution in [0.15, 0.2) is 0 Å². The number of hydrogen-bond acceptors (Lipinski definition) is 3. The van der Waals surface area contributed by atoms with E-state index in [1.165, 1.54) is 7.05 Å². The number of ether oxygens (including phenoxy) is 1. The van der Waals surface area contributed by atoms with Gasteiger partial charge in [-0.1, -0.05) is 0 Å². The number of imide groups is 1. The number of amides is 3. The highest BCUT2D eigenvalue weighted by Crippen LogP contribution is 1.87. The Hall–Kier alpha value is -1.26. The smallest absolute Gasteiger partial charge is 0.417 e. The van der Waals surface area contributed by atoms with Gasteiger partial charge in [-0.25, -0.2) is 14.5 Å². The number of carbonyl (C=O) groups is 2. The first kappa shape index (κ1) is 8.74. The summed E-state index contributed by atoms with van der Waals surface area (Å²) < 4.78 is 4.45. The molecule has 0 atom stereocenters. The van der Waals surface area contributed by atoms with Crippen LogP contribution in [0.5, 0.6) is 0 Å². The van der Waals surface area contributed by atoms with E-state index >= 15 is 0 Å². The van der Waals surface area contributed by atoms with Crippen LogP contribution in [-0.4, -0.2) is 30.7 Å². The van der Waals surface area contributed by atoms with Crippen LogP contribution in [0, 0.1) is 0 Å². The summed E-state index contributed by atoms with van der Waals surface area (Å²) in [6.07, 6.45) is -0.727. The molecule has 0 saturated heterocycles. The fraction of sp³-hybridized carbons (Fsp3) is 0.600. The van der Waals surface area contributed by atoms with Gasteiger partial charge in [0.1, 0.15) is 0 Å². The normalized spacial score (nSPS) is 8.60. The highest BCUT2D eigenvalue weighted by molar-refractivity contribution is 5.89. The maximum Gasteiger partial charge on any atom is 0.417 e. The van der Waals surface area contributed by atoms with E-state index in [1.54, 1.807) is 6.92 Å². The summed E-state index contributed by atoms with van der Waals surface area (Å²) in [7, 11) is 1.25. The molecule has 0 aliphatic carbocycles. The van der Waals surface area contributed by atoms with Gasteiger partial charge in [-0.15, -0.1) is 0 Å². The van der Waals surface area contributed by atoms with Crippen molar-refractivity contribution in [2.45, 2.75) is 6.92 Å². The molecule has 0 aromatic heterocycles. The zero-order valence-corrected chi connectivity index (χ0v) is 5.96. The van der Waals surface area contributed by atoms with Crippen molar-refractivity contribution in [2.24, 2.45) is 5.73 Å². The van der Waals surface area contributed by atoms with E-state index in [-0.39, 0.29) is 6.61 Å². The number of primary amides is 1. The molecule has 0 aliphatic rings. The van der Waals surface area contributed by atoms with E-state index in [2.05, 4.69) is 4.74 Å². The van der Waals surface area contributed by atoms with Crippen LogP contribution < -0.4 is 5.73 Å². The lowest BCUT2D eigenvalue weighted by atomic mass is 10.8. The summed E-state index contributed by atoms with van der Waals surface area (Å²) in [5.74, 6) is 0. The molecule has 0 fully saturated rings. The highest BCUT2D eigenvalue weighted by atomic mass is 16.6. The quantitative estimate of drug-likeness (QED) is 0.572. The molecule has 0 rings (SSSR count). The van der Waals surface area contributed by atoms with Crippen molar-refractivity contribution in [3.63, 3.8) is 0 Å². The molecule has 3 amide bonds. The van der Waals surface area contributed by atoms with Gasteiger partial charge in [0.25, 0.3) is 0 Å². The van der Waals surface area contributed by atoms with E-state index in [0.29, 0.717) is 4.90 Å². The van der Waals surface area contributed by atoms with Crippen LogP contribution in [-0.2, 0) is 4.74 Å². The number of rotatable bonds is 1. The second-order valence-corrected chi connectivity index (χ2v) is 1.60. The fourth-order valence-electron chi connectivity index (χ4n) is 0.310. The maximum atomic E-state index is 10.6. The van der Waals surface area contributed by atoms with Crippen LogP contribution >= 0.6 is 0 Å². The van der Waals surface area contributed by atoms with Gasteiger partial charge in [0.15, 0.2) is 0 Å². The molecule has 0 aromatic rings. The zero-order valence-electron chi connectivity index (χ0n) is 5.96. The lowest BCUT2D eigenvalue weighted by Crippen LogP contribution is -2.37. The molecule has 0 heterocycles. The van der Waals surface area contributed by atoms with Crippen molar-refractivity contribution in [1.29, 1.82) is 0 Å². The second-order valence-electron chi connectivity index (χ2n) is 1.60. The molecule has 0 radical (unpaired) electrons. The van der Waals surface area contributed by atoms with Crippen molar-refractivity contribution in [2.75, 3.05) is 13.7 Å². The molecule has 0 aromatic carbocycles. The van der Waals surface area contributed by atoms with E-state index < -0.39 is 12.1 Å². The van der Waals surface area contributed by atoms with Crippen molar-refractivity contribution >= 4 is 12.1 Å². The predicted octanol–water partition coefficient (Wildman–Crippen LogP) is 0.153. The van der Waals surface area contributed by atoms with Gasteiger partial charge in [0.2, 0.25) is 0 Å². The first-order chi connectivity index (χ1) is 4.59. The first-order valence-electron chi connectivity index (χ1n) is 2.79. The van der Waals surface area contributed by atoms with Crippen molar-refractivity contribution < 1.29 is 14.3 Å². The Bertz CT molecular complexity index is 146. The molecule has 10 heavy (non-hydrogen) atoms. The minimum absolute atomic E-state index is 0.233. The van der Waals surface area contributed by atoms with Crippen molar-refractivity contribution in [3.05, 3.63) is 0 Å². The molecule has 0 bridgehead atoms. The van der Waals surface area contributed by atoms with Crippen LogP contribution in [0.4, 0.5) is 9.59 Å². The first-order valence-corrected chi connectivity index (χ1v) is 2.79. The third-order valence-electron chi connectivity index (χ3n) is 0.872. The van der Waals surface area contributed by atoms with E-state index in [1.807, 2.05) is 0 Å². The Morgan fingerprint density at radius 1 is 1.60 bits per heavy atom. The van der Waals surface area contributed by atoms with Crippen LogP contribution in [0.1, 0.15) is 6.92 Å². The Morgan fingerprint density at radius 2 is 2.10 bits per heavy atom. The zero-order chi connectivity index (χ0) is 8.15. The van der Waals surface area contributed by atoms with Crippen molar-refractivity contribution in [1.82, 2.24) is 4.90 Å². The Morgan fingerprint density at radius 3 is 2.40 bits per heavy atom. The molecule has 0 aliphatic heterocycles. The third-order valence-corrected chi connectivity index (χ3v) is 0.872. The third kappa shape index (κ3) is 2.34. The average molecular weight is 146 g/mol. The molecular formula is C5H10N2O3.